The molecule has 1 saturated heterocycles. The van der Waals surface area contributed by atoms with Gasteiger partial charge in [0.05, 0.1) is 31.8 Å². The van der Waals surface area contributed by atoms with Gasteiger partial charge < -0.3 is 14.2 Å². The van der Waals surface area contributed by atoms with E-state index in [0.29, 0.717) is 5.75 Å². The second-order valence-corrected chi connectivity index (χ2v) is 8.02. The normalized spacial score (nSPS) is 21.0. The van der Waals surface area contributed by atoms with Crippen molar-refractivity contribution >= 4 is 11.9 Å². The summed E-state index contributed by atoms with van der Waals surface area (Å²) in [5.41, 5.74) is -2.97. The van der Waals surface area contributed by atoms with Crippen LogP contribution in [0.5, 0.6) is 5.75 Å². The molecular formula is C24H25F3N2O7. The number of nitrogens with one attached hydrogen (secondary N) is 1. The second-order valence-electron chi connectivity index (χ2n) is 8.02. The molecule has 1 aliphatic heterocycles. The van der Waals surface area contributed by atoms with Gasteiger partial charge in [-0.25, -0.2) is 9.59 Å². The zero-order chi connectivity index (χ0) is 26.7. The molecule has 0 saturated carbocycles. The van der Waals surface area contributed by atoms with Gasteiger partial charge in [0.2, 0.25) is 11.6 Å². The summed E-state index contributed by atoms with van der Waals surface area (Å²) < 4.78 is 54.8. The number of rotatable bonds is 8. The molecule has 0 amide bonds. The van der Waals surface area contributed by atoms with Crippen LogP contribution < -0.4 is 10.1 Å². The van der Waals surface area contributed by atoms with E-state index in [0.717, 1.165) is 24.3 Å². The van der Waals surface area contributed by atoms with E-state index in [1.165, 1.54) is 45.2 Å². The van der Waals surface area contributed by atoms with E-state index in [4.69, 9.17) is 14.2 Å². The first-order valence-electron chi connectivity index (χ1n) is 11.1. The Balaban J connectivity index is 2.25. The minimum absolute atomic E-state index is 0.0821. The molecule has 0 unspecified atom stereocenters. The third-order valence-corrected chi connectivity index (χ3v) is 6.04. The molecule has 3 rings (SSSR count). The smallest absolute Gasteiger partial charge is 0.416 e. The number of halogens is 3. The first-order valence-corrected chi connectivity index (χ1v) is 11.1. The molecule has 9 nitrogen and oxygen atoms in total. The summed E-state index contributed by atoms with van der Waals surface area (Å²) in [4.78, 5) is 38.4. The zero-order valence-electron chi connectivity index (χ0n) is 19.7. The molecule has 36 heavy (non-hydrogen) atoms. The molecule has 1 fully saturated rings. The minimum atomic E-state index is -4.62. The Morgan fingerprint density at radius 1 is 0.972 bits per heavy atom. The molecule has 194 valence electrons. The maximum atomic E-state index is 13.3. The lowest BCUT2D eigenvalue weighted by Gasteiger charge is -2.30. The number of hydrogen-bond acceptors (Lipinski definition) is 8. The molecule has 1 N–H and O–H groups in total. The fourth-order valence-electron chi connectivity index (χ4n) is 4.48. The highest BCUT2D eigenvalue weighted by molar-refractivity contribution is 6.07. The first-order chi connectivity index (χ1) is 17.0. The van der Waals surface area contributed by atoms with Crippen molar-refractivity contribution in [3.8, 4) is 5.75 Å². The van der Waals surface area contributed by atoms with Crippen LogP contribution in [0.15, 0.2) is 48.5 Å². The van der Waals surface area contributed by atoms with Crippen LogP contribution in [0.1, 0.15) is 42.5 Å². The number of nitrogens with zero attached hydrogens (tertiary/aromatic N) is 1. The molecule has 0 radical (unpaired) electrons. The Morgan fingerprint density at radius 2 is 1.47 bits per heavy atom. The first kappa shape index (κ1) is 26.9. The Labute approximate surface area is 204 Å². The maximum absolute atomic E-state index is 13.3. The van der Waals surface area contributed by atoms with Crippen LogP contribution in [0.4, 0.5) is 13.2 Å². The monoisotopic (exact) mass is 510 g/mol. The van der Waals surface area contributed by atoms with Gasteiger partial charge in [0, 0.05) is 4.92 Å². The lowest BCUT2D eigenvalue weighted by Crippen LogP contribution is -2.60. The van der Waals surface area contributed by atoms with Gasteiger partial charge in [0.25, 0.3) is 0 Å². The van der Waals surface area contributed by atoms with Crippen molar-refractivity contribution in [1.82, 2.24) is 5.32 Å². The van der Waals surface area contributed by atoms with E-state index in [1.807, 2.05) is 0 Å². The highest BCUT2D eigenvalue weighted by Gasteiger charge is 2.69. The van der Waals surface area contributed by atoms with Gasteiger partial charge in [-0.05, 0) is 49.2 Å². The third kappa shape index (κ3) is 4.85. The van der Waals surface area contributed by atoms with E-state index < -0.39 is 52.1 Å². The van der Waals surface area contributed by atoms with Crippen molar-refractivity contribution in [2.24, 2.45) is 0 Å². The van der Waals surface area contributed by atoms with Crippen LogP contribution in [-0.2, 0) is 25.2 Å². The summed E-state index contributed by atoms with van der Waals surface area (Å²) in [6, 6.07) is 6.72. The third-order valence-electron chi connectivity index (χ3n) is 6.04. The van der Waals surface area contributed by atoms with Crippen LogP contribution in [0.2, 0.25) is 0 Å². The van der Waals surface area contributed by atoms with Gasteiger partial charge in [-0.3, -0.25) is 15.4 Å². The Morgan fingerprint density at radius 3 is 1.89 bits per heavy atom. The number of hydrogen-bond donors (Lipinski definition) is 1. The maximum Gasteiger partial charge on any atom is 0.416 e. The van der Waals surface area contributed by atoms with Gasteiger partial charge in [-0.2, -0.15) is 13.2 Å². The lowest BCUT2D eigenvalue weighted by atomic mass is 9.77. The van der Waals surface area contributed by atoms with Gasteiger partial charge in [-0.15, -0.1) is 0 Å². The molecule has 0 spiro atoms. The molecule has 1 aliphatic rings. The highest BCUT2D eigenvalue weighted by Crippen LogP contribution is 2.48. The molecular weight excluding hydrogens is 485 g/mol. The van der Waals surface area contributed by atoms with Crippen LogP contribution in [-0.4, -0.2) is 48.8 Å². The topological polar surface area (TPSA) is 117 Å². The Bertz CT molecular complexity index is 1090. The molecule has 0 bridgehead atoms. The average Bonchev–Trinajstić information content (AvgIpc) is 3.22. The number of alkyl halides is 3. The van der Waals surface area contributed by atoms with Crippen LogP contribution >= 0.6 is 0 Å². The van der Waals surface area contributed by atoms with E-state index in [2.05, 4.69) is 5.32 Å². The number of benzene rings is 2. The molecule has 3 atom stereocenters. The summed E-state index contributed by atoms with van der Waals surface area (Å²) in [5.74, 6) is -3.18. The van der Waals surface area contributed by atoms with Crippen LogP contribution in [0, 0.1) is 10.1 Å². The molecule has 0 aliphatic carbocycles. The molecule has 12 heteroatoms. The SMILES string of the molecule is CCOC(=O)C1(C(=O)OCC)N[C@H](c2ccc(C(F)(F)F)cc2)[C@H]([N+](=O)[O-])[C@H]1c1ccc(OC)cc1. The van der Waals surface area contributed by atoms with Crippen molar-refractivity contribution in [3.63, 3.8) is 0 Å². The minimum Gasteiger partial charge on any atom is -0.497 e. The second kappa shape index (κ2) is 10.5. The van der Waals surface area contributed by atoms with E-state index in [1.54, 1.807) is 0 Å². The van der Waals surface area contributed by atoms with Crippen LogP contribution in [0.25, 0.3) is 0 Å². The fraction of sp³-hybridized carbons (Fsp3) is 0.417. The van der Waals surface area contributed by atoms with Gasteiger partial charge in [-0.1, -0.05) is 24.3 Å². The van der Waals surface area contributed by atoms with E-state index in [-0.39, 0.29) is 24.3 Å². The van der Waals surface area contributed by atoms with Crippen LogP contribution in [0.3, 0.4) is 0 Å². The van der Waals surface area contributed by atoms with E-state index >= 15 is 0 Å². The predicted octanol–water partition coefficient (Wildman–Crippen LogP) is 3.65. The number of esters is 2. The fourth-order valence-corrected chi connectivity index (χ4v) is 4.48. The standard InChI is InChI=1S/C24H25F3N2O7/c1-4-35-21(30)23(22(31)36-5-2)18(14-8-12-17(34-3)13-9-14)20(29(32)33)19(28-23)15-6-10-16(11-7-15)24(25,26)27/h6-13,18-20,28H,4-5H2,1-3H3/t18-,19-,20-/m1/s1. The highest BCUT2D eigenvalue weighted by atomic mass is 19.4. The van der Waals surface area contributed by atoms with E-state index in [9.17, 15) is 32.9 Å². The van der Waals surface area contributed by atoms with Gasteiger partial charge in [0.1, 0.15) is 11.8 Å². The molecule has 1 heterocycles. The van der Waals surface area contributed by atoms with Crippen molar-refractivity contribution < 1.29 is 41.9 Å². The summed E-state index contributed by atoms with van der Waals surface area (Å²) in [5, 5.41) is 15.2. The summed E-state index contributed by atoms with van der Waals surface area (Å²) >= 11 is 0. The zero-order valence-corrected chi connectivity index (χ0v) is 19.7. The number of ether oxygens (including phenoxy) is 3. The predicted molar refractivity (Wildman–Crippen MR) is 120 cm³/mol. The quantitative estimate of drug-likeness (QED) is 0.248. The Kier molecular flexibility index (Phi) is 7.87. The average molecular weight is 510 g/mol. The summed E-state index contributed by atoms with van der Waals surface area (Å²) in [6.45, 7) is 2.75. The van der Waals surface area contributed by atoms with Crippen molar-refractivity contribution in [2.75, 3.05) is 20.3 Å². The summed E-state index contributed by atoms with van der Waals surface area (Å²) in [7, 11) is 1.42. The number of carbonyl (C=O) groups excluding carboxylic acids is 2. The van der Waals surface area contributed by atoms with Crippen molar-refractivity contribution in [3.05, 3.63) is 75.3 Å². The number of methoxy groups -OCH3 is 1. The lowest BCUT2D eigenvalue weighted by molar-refractivity contribution is -0.527. The summed E-state index contributed by atoms with van der Waals surface area (Å²) in [6.07, 6.45) is -4.62. The van der Waals surface area contributed by atoms with Crippen molar-refractivity contribution in [2.45, 2.75) is 43.6 Å². The van der Waals surface area contributed by atoms with Gasteiger partial charge in [0.15, 0.2) is 0 Å². The van der Waals surface area contributed by atoms with Crippen molar-refractivity contribution in [1.29, 1.82) is 0 Å². The number of nitro groups is 1. The van der Waals surface area contributed by atoms with Gasteiger partial charge >= 0.3 is 18.1 Å². The molecule has 2 aromatic carbocycles. The molecule has 0 aromatic heterocycles. The number of carbonyl (C=O) groups is 2. The largest absolute Gasteiger partial charge is 0.497 e. The molecule has 2 aromatic rings. The Hall–Kier alpha value is -3.67.